The van der Waals surface area contributed by atoms with Crippen LogP contribution in [0.4, 0.5) is 0 Å². The van der Waals surface area contributed by atoms with Crippen LogP contribution in [-0.4, -0.2) is 37.0 Å². The second kappa shape index (κ2) is 6.43. The molecule has 0 fully saturated rings. The van der Waals surface area contributed by atoms with Crippen LogP contribution in [0.5, 0.6) is 0 Å². The summed E-state index contributed by atoms with van der Waals surface area (Å²) in [5, 5.41) is 9.33. The van der Waals surface area contributed by atoms with Gasteiger partial charge in [-0.25, -0.2) is 4.79 Å². The summed E-state index contributed by atoms with van der Waals surface area (Å²) in [7, 11) is -9.11. The zero-order valence-electron chi connectivity index (χ0n) is 13.2. The number of hydrogen-bond donors (Lipinski definition) is 3. The molecule has 0 aliphatic rings. The SMILES string of the molecule is O=C(O)c1[c]cc(-c2cc(S(=O)(=O)O)cc3[c]cc(S(=O)(=O)O)cc23)cc1. The van der Waals surface area contributed by atoms with E-state index >= 15 is 0 Å². The molecule has 8 nitrogen and oxygen atoms in total. The molecule has 0 saturated carbocycles. The predicted molar refractivity (Wildman–Crippen MR) is 93.6 cm³/mol. The molecule has 138 valence electrons. The van der Waals surface area contributed by atoms with E-state index in [1.54, 1.807) is 0 Å². The first-order valence-electron chi connectivity index (χ1n) is 7.17. The van der Waals surface area contributed by atoms with Crippen LogP contribution in [0.2, 0.25) is 0 Å². The van der Waals surface area contributed by atoms with Gasteiger partial charge in [-0.05, 0) is 70.4 Å². The number of aromatic carboxylic acids is 1. The first-order chi connectivity index (χ1) is 12.5. The Hall–Kier alpha value is -2.79. The molecule has 0 aromatic heterocycles. The Labute approximate surface area is 154 Å². The highest BCUT2D eigenvalue weighted by molar-refractivity contribution is 7.86. The first-order valence-corrected chi connectivity index (χ1v) is 10.0. The Kier molecular flexibility index (Phi) is 4.52. The van der Waals surface area contributed by atoms with Crippen molar-refractivity contribution in [3.8, 4) is 11.1 Å². The van der Waals surface area contributed by atoms with Gasteiger partial charge < -0.3 is 5.11 Å². The number of carboxylic acids is 1. The molecule has 0 atom stereocenters. The maximum atomic E-state index is 11.5. The summed E-state index contributed by atoms with van der Waals surface area (Å²) in [6.45, 7) is 0. The lowest BCUT2D eigenvalue weighted by Crippen LogP contribution is -2.01. The van der Waals surface area contributed by atoms with Gasteiger partial charge in [0, 0.05) is 0 Å². The van der Waals surface area contributed by atoms with E-state index in [1.165, 1.54) is 18.2 Å². The number of carboxylic acid groups (broad SMARTS) is 1. The van der Waals surface area contributed by atoms with Crippen molar-refractivity contribution in [2.45, 2.75) is 9.79 Å². The Morgan fingerprint density at radius 3 is 2.04 bits per heavy atom. The number of carbonyl (C=O) groups is 1. The molecule has 0 aliphatic heterocycles. The third-order valence-electron chi connectivity index (χ3n) is 3.76. The first kappa shape index (κ1) is 19.0. The van der Waals surface area contributed by atoms with E-state index in [0.29, 0.717) is 5.56 Å². The van der Waals surface area contributed by atoms with Crippen molar-refractivity contribution in [2.24, 2.45) is 0 Å². The van der Waals surface area contributed by atoms with Gasteiger partial charge in [-0.3, -0.25) is 9.11 Å². The predicted octanol–water partition coefficient (Wildman–Crippen LogP) is 2.30. The molecule has 0 bridgehead atoms. The number of hydrogen-bond acceptors (Lipinski definition) is 5. The van der Waals surface area contributed by atoms with Gasteiger partial charge in [0.15, 0.2) is 0 Å². The smallest absolute Gasteiger partial charge is 0.336 e. The van der Waals surface area contributed by atoms with Crippen molar-refractivity contribution in [1.82, 2.24) is 0 Å². The monoisotopic (exact) mass is 406 g/mol. The Morgan fingerprint density at radius 1 is 0.852 bits per heavy atom. The minimum atomic E-state index is -4.58. The Bertz CT molecular complexity index is 1270. The molecule has 10 heteroatoms. The van der Waals surface area contributed by atoms with E-state index in [9.17, 15) is 30.7 Å². The zero-order chi connectivity index (χ0) is 20.0. The van der Waals surface area contributed by atoms with Gasteiger partial charge >= 0.3 is 5.97 Å². The number of benzene rings is 3. The molecule has 27 heavy (non-hydrogen) atoms. The van der Waals surface area contributed by atoms with E-state index in [0.717, 1.165) is 24.3 Å². The maximum Gasteiger partial charge on any atom is 0.336 e. The molecule has 0 amide bonds. The van der Waals surface area contributed by atoms with Crippen LogP contribution in [0.25, 0.3) is 21.9 Å². The molecule has 3 N–H and O–H groups in total. The molecule has 0 heterocycles. The van der Waals surface area contributed by atoms with Crippen LogP contribution in [0.15, 0.2) is 52.3 Å². The molecule has 3 rings (SSSR count). The fourth-order valence-electron chi connectivity index (χ4n) is 2.50. The second-order valence-corrected chi connectivity index (χ2v) is 8.36. The molecule has 0 unspecified atom stereocenters. The second-order valence-electron chi connectivity index (χ2n) is 5.51. The average molecular weight is 406 g/mol. The van der Waals surface area contributed by atoms with Crippen molar-refractivity contribution >= 4 is 37.0 Å². The van der Waals surface area contributed by atoms with Crippen molar-refractivity contribution in [3.63, 3.8) is 0 Å². The Morgan fingerprint density at radius 2 is 1.52 bits per heavy atom. The van der Waals surface area contributed by atoms with Crippen molar-refractivity contribution in [2.75, 3.05) is 0 Å². The molecule has 2 radical (unpaired) electrons. The minimum Gasteiger partial charge on any atom is -0.478 e. The topological polar surface area (TPSA) is 146 Å². The fraction of sp³-hybridized carbons (Fsp3) is 0. The average Bonchev–Trinajstić information content (AvgIpc) is 2.58. The fourth-order valence-corrected chi connectivity index (χ4v) is 3.50. The molecule has 0 saturated heterocycles. The molecule has 3 aromatic carbocycles. The van der Waals surface area contributed by atoms with Crippen LogP contribution in [0.1, 0.15) is 10.4 Å². The zero-order valence-corrected chi connectivity index (χ0v) is 14.9. The molecule has 0 aliphatic carbocycles. The van der Waals surface area contributed by atoms with Crippen LogP contribution >= 0.6 is 0 Å². The van der Waals surface area contributed by atoms with Crippen molar-refractivity contribution in [1.29, 1.82) is 0 Å². The number of fused-ring (bicyclic) bond motifs is 1. The standard InChI is InChI=1S/C17H10O8S2/c18-17(19)11-3-1-10(2-4-11)15-9-14(27(23,24)25)7-12-5-6-13(8-16(12)15)26(20,21)22/h1-3,6-9H,(H,18,19)(H,20,21,22)(H,23,24,25). The van der Waals surface area contributed by atoms with Gasteiger partial charge in [0.1, 0.15) is 0 Å². The summed E-state index contributed by atoms with van der Waals surface area (Å²) in [5.41, 5.74) is 0.366. The molecule has 0 spiro atoms. The molecule has 3 aromatic rings. The van der Waals surface area contributed by atoms with E-state index in [4.69, 9.17) is 5.11 Å². The summed E-state index contributed by atoms with van der Waals surface area (Å²) >= 11 is 0. The highest BCUT2D eigenvalue weighted by Gasteiger charge is 2.18. The minimum absolute atomic E-state index is 0.126. The van der Waals surface area contributed by atoms with Gasteiger partial charge in [0.25, 0.3) is 20.2 Å². The third kappa shape index (κ3) is 3.83. The lowest BCUT2D eigenvalue weighted by molar-refractivity contribution is 0.0696. The lowest BCUT2D eigenvalue weighted by atomic mass is 9.97. The third-order valence-corrected chi connectivity index (χ3v) is 5.42. The van der Waals surface area contributed by atoms with Crippen LogP contribution in [0, 0.1) is 12.1 Å². The van der Waals surface area contributed by atoms with Crippen molar-refractivity contribution in [3.05, 3.63) is 60.2 Å². The van der Waals surface area contributed by atoms with Crippen LogP contribution < -0.4 is 0 Å². The lowest BCUT2D eigenvalue weighted by Gasteiger charge is -2.11. The van der Waals surface area contributed by atoms with Gasteiger partial charge in [-0.2, -0.15) is 16.8 Å². The van der Waals surface area contributed by atoms with Gasteiger partial charge in [0.2, 0.25) is 0 Å². The largest absolute Gasteiger partial charge is 0.478 e. The summed E-state index contributed by atoms with van der Waals surface area (Å²) in [6, 6.07) is 13.3. The summed E-state index contributed by atoms with van der Waals surface area (Å²) < 4.78 is 64.5. The normalized spacial score (nSPS) is 12.2. The summed E-state index contributed by atoms with van der Waals surface area (Å²) in [5.74, 6) is -1.21. The number of rotatable bonds is 4. The summed E-state index contributed by atoms with van der Waals surface area (Å²) in [4.78, 5) is 10.0. The summed E-state index contributed by atoms with van der Waals surface area (Å²) in [6.07, 6.45) is 0. The Balaban J connectivity index is 2.37. The van der Waals surface area contributed by atoms with Gasteiger partial charge in [0.05, 0.1) is 15.4 Å². The van der Waals surface area contributed by atoms with E-state index in [1.807, 2.05) is 0 Å². The van der Waals surface area contributed by atoms with E-state index in [2.05, 4.69) is 12.1 Å². The van der Waals surface area contributed by atoms with Crippen LogP contribution in [-0.2, 0) is 20.2 Å². The molecular weight excluding hydrogens is 396 g/mol. The van der Waals surface area contributed by atoms with Gasteiger partial charge in [-0.15, -0.1) is 0 Å². The van der Waals surface area contributed by atoms with Gasteiger partial charge in [-0.1, -0.05) is 6.07 Å². The quantitative estimate of drug-likeness (QED) is 0.559. The maximum absolute atomic E-state index is 11.5. The van der Waals surface area contributed by atoms with E-state index < -0.39 is 36.0 Å². The van der Waals surface area contributed by atoms with E-state index in [-0.39, 0.29) is 21.9 Å². The van der Waals surface area contributed by atoms with Crippen LogP contribution in [0.3, 0.4) is 0 Å². The highest BCUT2D eigenvalue weighted by atomic mass is 32.2. The van der Waals surface area contributed by atoms with Crippen molar-refractivity contribution < 1.29 is 35.8 Å². The molecular formula is C17H10O8S2. The highest BCUT2D eigenvalue weighted by Crippen LogP contribution is 2.33.